The zero-order valence-corrected chi connectivity index (χ0v) is 17.2. The second-order valence-corrected chi connectivity index (χ2v) is 8.66. The van der Waals surface area contributed by atoms with Crippen LogP contribution < -0.4 is 5.32 Å². The molecule has 4 heterocycles. The average Bonchev–Trinajstić information content (AvgIpc) is 3.30. The van der Waals surface area contributed by atoms with Crippen molar-refractivity contribution in [1.82, 2.24) is 15.2 Å². The van der Waals surface area contributed by atoms with Crippen LogP contribution in [-0.2, 0) is 11.3 Å². The van der Waals surface area contributed by atoms with Gasteiger partial charge in [0, 0.05) is 36.0 Å². The maximum absolute atomic E-state index is 11.8. The van der Waals surface area contributed by atoms with E-state index in [0.717, 1.165) is 53.5 Å². The Hall–Kier alpha value is -2.90. The van der Waals surface area contributed by atoms with Crippen LogP contribution in [0.25, 0.3) is 28.2 Å². The summed E-state index contributed by atoms with van der Waals surface area (Å²) in [4.78, 5) is 30.4. The van der Waals surface area contributed by atoms with Crippen molar-refractivity contribution >= 4 is 40.0 Å². The molecule has 0 radical (unpaired) electrons. The molecule has 2 saturated heterocycles. The molecule has 1 aromatic carbocycles. The molecule has 2 amide bonds. The number of nitrogens with one attached hydrogen (secondary N) is 1. The SMILES string of the molecule is O=C1NC(=O)/C(=C\c2cc3cncc(-c4cccc(CN5CCCCC5)c4)c3o2)S1. The lowest BCUT2D eigenvalue weighted by atomic mass is 10.0. The summed E-state index contributed by atoms with van der Waals surface area (Å²) in [6.07, 6.45) is 9.03. The molecule has 0 spiro atoms. The van der Waals surface area contributed by atoms with E-state index in [4.69, 9.17) is 4.42 Å². The Morgan fingerprint density at radius 1 is 1.13 bits per heavy atom. The summed E-state index contributed by atoms with van der Waals surface area (Å²) >= 11 is 0.879. The minimum absolute atomic E-state index is 0.331. The largest absolute Gasteiger partial charge is 0.456 e. The van der Waals surface area contributed by atoms with Gasteiger partial charge in [0.05, 0.1) is 4.91 Å². The predicted octanol–water partition coefficient (Wildman–Crippen LogP) is 4.80. The lowest BCUT2D eigenvalue weighted by Gasteiger charge is -2.26. The van der Waals surface area contributed by atoms with E-state index >= 15 is 0 Å². The Kier molecular flexibility index (Phi) is 5.14. The molecule has 0 unspecified atom stereocenters. The molecule has 2 aliphatic rings. The van der Waals surface area contributed by atoms with Gasteiger partial charge < -0.3 is 4.42 Å². The second-order valence-electron chi connectivity index (χ2n) is 7.64. The van der Waals surface area contributed by atoms with Gasteiger partial charge in [-0.2, -0.15) is 0 Å². The number of fused-ring (bicyclic) bond motifs is 1. The van der Waals surface area contributed by atoms with E-state index in [1.165, 1.54) is 24.8 Å². The van der Waals surface area contributed by atoms with Crippen LogP contribution in [0.3, 0.4) is 0 Å². The van der Waals surface area contributed by atoms with Crippen molar-refractivity contribution in [3.05, 3.63) is 59.0 Å². The van der Waals surface area contributed by atoms with Crippen molar-refractivity contribution in [3.63, 3.8) is 0 Å². The van der Waals surface area contributed by atoms with Gasteiger partial charge in [0.1, 0.15) is 11.3 Å². The molecular weight excluding hydrogens is 398 g/mol. The number of hydrogen-bond acceptors (Lipinski definition) is 6. The highest BCUT2D eigenvalue weighted by Crippen LogP contribution is 2.33. The maximum atomic E-state index is 11.8. The molecule has 0 saturated carbocycles. The Morgan fingerprint density at radius 3 is 2.80 bits per heavy atom. The highest BCUT2D eigenvalue weighted by molar-refractivity contribution is 8.18. The molecule has 152 valence electrons. The quantitative estimate of drug-likeness (QED) is 0.612. The number of rotatable bonds is 4. The third-order valence-corrected chi connectivity index (χ3v) is 6.26. The van der Waals surface area contributed by atoms with Crippen LogP contribution in [0, 0.1) is 0 Å². The van der Waals surface area contributed by atoms with Gasteiger partial charge in [-0.05, 0) is 61.0 Å². The van der Waals surface area contributed by atoms with Crippen LogP contribution >= 0.6 is 11.8 Å². The molecule has 3 aromatic rings. The van der Waals surface area contributed by atoms with Crippen LogP contribution in [0.5, 0.6) is 0 Å². The number of thioether (sulfide) groups is 1. The van der Waals surface area contributed by atoms with Crippen LogP contribution in [0.4, 0.5) is 4.79 Å². The fourth-order valence-electron chi connectivity index (χ4n) is 4.02. The number of hydrogen-bond donors (Lipinski definition) is 1. The van der Waals surface area contributed by atoms with Gasteiger partial charge in [-0.3, -0.25) is 24.8 Å². The number of amides is 2. The summed E-state index contributed by atoms with van der Waals surface area (Å²) in [6, 6.07) is 10.3. The zero-order chi connectivity index (χ0) is 20.5. The van der Waals surface area contributed by atoms with Gasteiger partial charge in [-0.1, -0.05) is 24.6 Å². The maximum Gasteiger partial charge on any atom is 0.290 e. The number of benzene rings is 1. The Bertz CT molecular complexity index is 1160. The summed E-state index contributed by atoms with van der Waals surface area (Å²) in [5.74, 6) is 0.130. The van der Waals surface area contributed by atoms with Gasteiger partial charge in [0.2, 0.25) is 0 Å². The van der Waals surface area contributed by atoms with E-state index in [1.807, 2.05) is 12.3 Å². The Morgan fingerprint density at radius 2 is 2.00 bits per heavy atom. The fourth-order valence-corrected chi connectivity index (χ4v) is 4.68. The first kappa shape index (κ1) is 19.1. The smallest absolute Gasteiger partial charge is 0.290 e. The molecule has 6 nitrogen and oxygen atoms in total. The number of aromatic nitrogens is 1. The van der Waals surface area contributed by atoms with E-state index in [2.05, 4.69) is 39.5 Å². The molecule has 5 rings (SSSR count). The molecule has 2 aliphatic heterocycles. The number of imide groups is 1. The summed E-state index contributed by atoms with van der Waals surface area (Å²) in [5, 5.41) is 2.75. The molecule has 2 fully saturated rings. The topological polar surface area (TPSA) is 75.4 Å². The third-order valence-electron chi connectivity index (χ3n) is 5.45. The number of likely N-dealkylation sites (tertiary alicyclic amines) is 1. The van der Waals surface area contributed by atoms with Crippen LogP contribution in [0.1, 0.15) is 30.6 Å². The zero-order valence-electron chi connectivity index (χ0n) is 16.4. The molecule has 30 heavy (non-hydrogen) atoms. The number of piperidine rings is 1. The van der Waals surface area contributed by atoms with Crippen molar-refractivity contribution in [2.24, 2.45) is 0 Å². The molecule has 1 N–H and O–H groups in total. The van der Waals surface area contributed by atoms with Crippen LogP contribution in [0.2, 0.25) is 0 Å². The van der Waals surface area contributed by atoms with Gasteiger partial charge in [0.15, 0.2) is 0 Å². The molecule has 2 aromatic heterocycles. The first-order valence-electron chi connectivity index (χ1n) is 10.1. The van der Waals surface area contributed by atoms with Crippen molar-refractivity contribution in [3.8, 4) is 11.1 Å². The number of nitrogens with zero attached hydrogens (tertiary/aromatic N) is 2. The van der Waals surface area contributed by atoms with E-state index in [0.29, 0.717) is 10.7 Å². The minimum atomic E-state index is -0.394. The lowest BCUT2D eigenvalue weighted by Crippen LogP contribution is -2.29. The average molecular weight is 420 g/mol. The number of carbonyl (C=O) groups excluding carboxylic acids is 2. The summed E-state index contributed by atoms with van der Waals surface area (Å²) in [6.45, 7) is 3.27. The van der Waals surface area contributed by atoms with Gasteiger partial charge in [-0.15, -0.1) is 0 Å². The predicted molar refractivity (Wildman–Crippen MR) is 118 cm³/mol. The Labute approximate surface area is 178 Å². The number of carbonyl (C=O) groups is 2. The molecular formula is C23H21N3O3S. The van der Waals surface area contributed by atoms with Gasteiger partial charge >= 0.3 is 0 Å². The normalized spacial score (nSPS) is 19.0. The van der Waals surface area contributed by atoms with Crippen LogP contribution in [0.15, 0.2) is 52.0 Å². The standard InChI is InChI=1S/C23H21N3O3S/c27-22-20(30-23(28)25-22)11-18-10-17-12-24-13-19(21(17)29-18)16-6-4-5-15(9-16)14-26-7-2-1-3-8-26/h4-6,9-13H,1-3,7-8,14H2,(H,25,27,28)/b20-11+. The minimum Gasteiger partial charge on any atom is -0.456 e. The van der Waals surface area contributed by atoms with Crippen molar-refractivity contribution < 1.29 is 14.0 Å². The first-order valence-corrected chi connectivity index (χ1v) is 10.9. The summed E-state index contributed by atoms with van der Waals surface area (Å²) in [5.41, 5.74) is 3.97. The third kappa shape index (κ3) is 3.91. The molecule has 7 heteroatoms. The van der Waals surface area contributed by atoms with E-state index in [9.17, 15) is 9.59 Å². The number of furan rings is 1. The summed E-state index contributed by atoms with van der Waals surface area (Å²) < 4.78 is 6.06. The highest BCUT2D eigenvalue weighted by Gasteiger charge is 2.25. The molecule has 0 aliphatic carbocycles. The van der Waals surface area contributed by atoms with E-state index < -0.39 is 5.91 Å². The monoisotopic (exact) mass is 419 g/mol. The second kappa shape index (κ2) is 8.08. The lowest BCUT2D eigenvalue weighted by molar-refractivity contribution is -0.115. The van der Waals surface area contributed by atoms with Crippen molar-refractivity contribution in [2.45, 2.75) is 25.8 Å². The Balaban J connectivity index is 1.47. The van der Waals surface area contributed by atoms with Crippen molar-refractivity contribution in [2.75, 3.05) is 13.1 Å². The van der Waals surface area contributed by atoms with Gasteiger partial charge in [-0.25, -0.2) is 0 Å². The van der Waals surface area contributed by atoms with Crippen molar-refractivity contribution in [1.29, 1.82) is 0 Å². The van der Waals surface area contributed by atoms with E-state index in [-0.39, 0.29) is 5.24 Å². The highest BCUT2D eigenvalue weighted by atomic mass is 32.2. The molecule has 0 atom stereocenters. The van der Waals surface area contributed by atoms with Crippen LogP contribution in [-0.4, -0.2) is 34.1 Å². The van der Waals surface area contributed by atoms with Gasteiger partial charge in [0.25, 0.3) is 11.1 Å². The number of pyridine rings is 1. The molecule has 0 bridgehead atoms. The van der Waals surface area contributed by atoms with E-state index in [1.54, 1.807) is 12.3 Å². The summed E-state index contributed by atoms with van der Waals surface area (Å²) in [7, 11) is 0. The fraction of sp³-hybridized carbons (Fsp3) is 0.261. The first-order chi connectivity index (χ1) is 14.7.